The summed E-state index contributed by atoms with van der Waals surface area (Å²) in [7, 11) is -3.61. The number of rotatable bonds is 5. The molecular weight excluding hydrogens is 608 g/mol. The zero-order valence-corrected chi connectivity index (χ0v) is 22.4. The number of halogens is 2. The Balaban J connectivity index is 0.000000236. The molecule has 0 bridgehead atoms. The van der Waals surface area contributed by atoms with E-state index >= 15 is 0 Å². The minimum Gasteiger partial charge on any atom is -0.381 e. The average molecular weight is 630 g/mol. The highest BCUT2D eigenvalue weighted by Crippen LogP contribution is 2.31. The predicted molar refractivity (Wildman–Crippen MR) is 139 cm³/mol. The second-order valence-electron chi connectivity index (χ2n) is 7.10. The molecule has 3 aromatic rings. The summed E-state index contributed by atoms with van der Waals surface area (Å²) in [4.78, 5) is 20.4. The number of benzene rings is 3. The van der Waals surface area contributed by atoms with E-state index in [1.165, 1.54) is 43.2 Å². The Bertz CT molecular complexity index is 1240. The third-order valence-electron chi connectivity index (χ3n) is 4.58. The van der Waals surface area contributed by atoms with Gasteiger partial charge in [-0.15, -0.1) is 0 Å². The fourth-order valence-electron chi connectivity index (χ4n) is 2.91. The summed E-state index contributed by atoms with van der Waals surface area (Å²) in [6, 6.07) is 18.9. The van der Waals surface area contributed by atoms with Crippen molar-refractivity contribution < 1.29 is 23.0 Å². The number of ether oxygens (including phenoxy) is 1. The van der Waals surface area contributed by atoms with Crippen molar-refractivity contribution in [2.75, 3.05) is 13.2 Å². The fourth-order valence-corrected chi connectivity index (χ4v) is 5.27. The van der Waals surface area contributed by atoms with Crippen molar-refractivity contribution in [1.82, 2.24) is 0 Å². The van der Waals surface area contributed by atoms with Crippen LogP contribution in [0.4, 0.5) is 11.4 Å². The van der Waals surface area contributed by atoms with Crippen LogP contribution in [0.5, 0.6) is 0 Å². The Morgan fingerprint density at radius 3 is 1.83 bits per heavy atom. The molecule has 1 fully saturated rings. The van der Waals surface area contributed by atoms with Crippen molar-refractivity contribution in [3.8, 4) is 0 Å². The summed E-state index contributed by atoms with van der Waals surface area (Å²) < 4.78 is 30.2. The molecule has 0 unspecified atom stereocenters. The summed E-state index contributed by atoms with van der Waals surface area (Å²) in [6.45, 7) is 2.00. The van der Waals surface area contributed by atoms with Crippen molar-refractivity contribution in [3.63, 3.8) is 0 Å². The highest BCUT2D eigenvalue weighted by Gasteiger charge is 2.24. The van der Waals surface area contributed by atoms with Gasteiger partial charge in [0.15, 0.2) is 9.84 Å². The van der Waals surface area contributed by atoms with E-state index in [0.29, 0.717) is 4.47 Å². The quantitative estimate of drug-likeness (QED) is 0.233. The van der Waals surface area contributed by atoms with Gasteiger partial charge in [-0.05, 0) is 69.0 Å². The number of hydrogen-bond acceptors (Lipinski definition) is 7. The van der Waals surface area contributed by atoms with E-state index in [2.05, 4.69) is 31.9 Å². The maximum absolute atomic E-state index is 12.2. The van der Waals surface area contributed by atoms with E-state index in [0.717, 1.165) is 13.2 Å². The van der Waals surface area contributed by atoms with E-state index in [-0.39, 0.29) is 26.3 Å². The monoisotopic (exact) mass is 628 g/mol. The molecule has 12 heteroatoms. The molecular formula is C23H22Br2N2O7S. The highest BCUT2D eigenvalue weighted by molar-refractivity contribution is 9.11. The molecule has 0 aliphatic carbocycles. The van der Waals surface area contributed by atoms with E-state index in [9.17, 15) is 28.6 Å². The number of nitro groups is 2. The summed E-state index contributed by atoms with van der Waals surface area (Å²) in [5.41, 5.74) is 0.0442. The molecule has 9 nitrogen and oxygen atoms in total. The first-order chi connectivity index (χ1) is 16.6. The van der Waals surface area contributed by atoms with Crippen molar-refractivity contribution in [3.05, 3.63) is 108 Å². The number of para-hydroxylation sites is 2. The zero-order chi connectivity index (χ0) is 25.8. The molecule has 1 aliphatic rings. The zero-order valence-electron chi connectivity index (χ0n) is 18.4. The van der Waals surface area contributed by atoms with Crippen LogP contribution in [0.25, 0.3) is 0 Å². The molecule has 0 atom stereocenters. The van der Waals surface area contributed by atoms with Crippen LogP contribution in [0, 0.1) is 20.2 Å². The predicted octanol–water partition coefficient (Wildman–Crippen LogP) is 6.49. The third kappa shape index (κ3) is 9.13. The van der Waals surface area contributed by atoms with Gasteiger partial charge < -0.3 is 4.74 Å². The SMILES string of the molecule is C1CCOC1.O=[N+]([O-])c1c(Br)cccc1CS(=O)(=O)c1ccccc1.O=[N+]([O-])c1ccccc1Br. The smallest absolute Gasteiger partial charge is 0.287 e. The van der Waals surface area contributed by atoms with Gasteiger partial charge in [-0.2, -0.15) is 0 Å². The van der Waals surface area contributed by atoms with Gasteiger partial charge in [0.1, 0.15) is 0 Å². The average Bonchev–Trinajstić information content (AvgIpc) is 3.40. The summed E-state index contributed by atoms with van der Waals surface area (Å²) in [5.74, 6) is -0.410. The van der Waals surface area contributed by atoms with Gasteiger partial charge in [0.05, 0.1) is 29.4 Å². The largest absolute Gasteiger partial charge is 0.381 e. The lowest BCUT2D eigenvalue weighted by Gasteiger charge is -2.06. The van der Waals surface area contributed by atoms with E-state index in [4.69, 9.17) is 4.74 Å². The Hall–Kier alpha value is -2.67. The number of nitrogens with zero attached hydrogens (tertiary/aromatic N) is 2. The van der Waals surface area contributed by atoms with Crippen molar-refractivity contribution in [1.29, 1.82) is 0 Å². The number of sulfone groups is 1. The molecule has 4 rings (SSSR count). The summed E-state index contributed by atoms with van der Waals surface area (Å²) in [5, 5.41) is 21.2. The Morgan fingerprint density at radius 1 is 0.771 bits per heavy atom. The minimum absolute atomic E-state index is 0.0995. The maximum atomic E-state index is 12.2. The summed E-state index contributed by atoms with van der Waals surface area (Å²) in [6.07, 6.45) is 2.56. The van der Waals surface area contributed by atoms with Gasteiger partial charge >= 0.3 is 0 Å². The fraction of sp³-hybridized carbons (Fsp3) is 0.217. The lowest BCUT2D eigenvalue weighted by Crippen LogP contribution is -2.07. The molecule has 186 valence electrons. The van der Waals surface area contributed by atoms with Gasteiger partial charge in [-0.25, -0.2) is 8.42 Å². The van der Waals surface area contributed by atoms with Crippen LogP contribution in [0.2, 0.25) is 0 Å². The topological polar surface area (TPSA) is 130 Å². The summed E-state index contributed by atoms with van der Waals surface area (Å²) >= 11 is 6.13. The Labute approximate surface area is 219 Å². The van der Waals surface area contributed by atoms with Crippen LogP contribution < -0.4 is 0 Å². The molecule has 0 amide bonds. The molecule has 1 saturated heterocycles. The van der Waals surface area contributed by atoms with Crippen LogP contribution in [0.1, 0.15) is 18.4 Å². The molecule has 0 N–H and O–H groups in total. The van der Waals surface area contributed by atoms with Gasteiger partial charge in [0.25, 0.3) is 11.4 Å². The van der Waals surface area contributed by atoms with Gasteiger partial charge in [0, 0.05) is 24.8 Å². The second kappa shape index (κ2) is 14.0. The Morgan fingerprint density at radius 2 is 1.34 bits per heavy atom. The van der Waals surface area contributed by atoms with Gasteiger partial charge in [0.2, 0.25) is 0 Å². The first-order valence-corrected chi connectivity index (χ1v) is 13.5. The second-order valence-corrected chi connectivity index (χ2v) is 10.8. The van der Waals surface area contributed by atoms with Gasteiger partial charge in [-0.1, -0.05) is 42.5 Å². The molecule has 3 aromatic carbocycles. The Kier molecular flexibility index (Phi) is 11.4. The lowest BCUT2D eigenvalue weighted by atomic mass is 10.2. The molecule has 35 heavy (non-hydrogen) atoms. The maximum Gasteiger partial charge on any atom is 0.287 e. The standard InChI is InChI=1S/C13H10BrNO4S.C6H4BrNO2.C4H8O/c14-12-8-4-5-10(13(12)15(16)17)9-20(18,19)11-6-2-1-3-7-11;7-5-3-1-2-4-6(5)8(9)10;1-2-4-5-3-1/h1-8H,9H2;1-4H;1-4H2. The van der Waals surface area contributed by atoms with Crippen molar-refractivity contribution >= 4 is 53.1 Å². The van der Waals surface area contributed by atoms with Crippen LogP contribution in [0.15, 0.2) is 86.6 Å². The van der Waals surface area contributed by atoms with Crippen LogP contribution in [-0.2, 0) is 20.3 Å². The van der Waals surface area contributed by atoms with E-state index in [1.807, 2.05) is 0 Å². The highest BCUT2D eigenvalue weighted by atomic mass is 79.9. The van der Waals surface area contributed by atoms with E-state index in [1.54, 1.807) is 42.5 Å². The van der Waals surface area contributed by atoms with Crippen LogP contribution in [0.3, 0.4) is 0 Å². The first-order valence-electron chi connectivity index (χ1n) is 10.3. The van der Waals surface area contributed by atoms with Crippen LogP contribution >= 0.6 is 31.9 Å². The number of hydrogen-bond donors (Lipinski definition) is 0. The van der Waals surface area contributed by atoms with Crippen molar-refractivity contribution in [2.24, 2.45) is 0 Å². The molecule has 1 heterocycles. The normalized spacial score (nSPS) is 12.5. The third-order valence-corrected chi connectivity index (χ3v) is 7.57. The van der Waals surface area contributed by atoms with Crippen LogP contribution in [-0.4, -0.2) is 31.5 Å². The first kappa shape index (κ1) is 28.6. The van der Waals surface area contributed by atoms with Gasteiger partial charge in [-0.3, -0.25) is 20.2 Å². The van der Waals surface area contributed by atoms with Crippen molar-refractivity contribution in [2.45, 2.75) is 23.5 Å². The molecule has 0 radical (unpaired) electrons. The molecule has 0 spiro atoms. The minimum atomic E-state index is -3.61. The molecule has 0 saturated carbocycles. The molecule has 0 aromatic heterocycles. The lowest BCUT2D eigenvalue weighted by molar-refractivity contribution is -0.386. The number of nitro benzene ring substituents is 2. The van der Waals surface area contributed by atoms with E-state index < -0.39 is 25.4 Å². The molecule has 1 aliphatic heterocycles.